The van der Waals surface area contributed by atoms with Crippen molar-refractivity contribution in [2.45, 2.75) is 0 Å². The van der Waals surface area contributed by atoms with Gasteiger partial charge in [-0.25, -0.2) is 0 Å². The molecule has 0 saturated heterocycles. The number of hydrogen-bond donors (Lipinski definition) is 0. The Morgan fingerprint density at radius 3 is 1.75 bits per heavy atom. The van der Waals surface area contributed by atoms with Crippen molar-refractivity contribution in [1.82, 2.24) is 0 Å². The molecule has 0 spiro atoms. The zero-order valence-corrected chi connectivity index (χ0v) is 7.51. The molecule has 0 saturated carbocycles. The van der Waals surface area contributed by atoms with Gasteiger partial charge in [0.1, 0.15) is 0 Å². The van der Waals surface area contributed by atoms with Crippen LogP contribution < -0.4 is 0 Å². The van der Waals surface area contributed by atoms with Gasteiger partial charge in [0.25, 0.3) is 0 Å². The molecule has 33 valence electrons. The summed E-state index contributed by atoms with van der Waals surface area (Å²) in [7, 11) is 0. The Labute approximate surface area is 57.3 Å². The van der Waals surface area contributed by atoms with Crippen molar-refractivity contribution in [3.63, 3.8) is 0 Å². The normalized spacial score (nSPS) is 5.50. The van der Waals surface area contributed by atoms with Crippen LogP contribution in [-0.4, -0.2) is 0 Å². The van der Waals surface area contributed by atoms with E-state index >= 15 is 0 Å². The molecule has 0 fully saturated rings. The third-order valence-electron chi connectivity index (χ3n) is 0. The van der Waals surface area contributed by atoms with Gasteiger partial charge in [0, 0.05) is 0 Å². The van der Waals surface area contributed by atoms with Crippen LogP contribution in [0.1, 0.15) is 0 Å². The Kier molecular flexibility index (Phi) is 21.4. The molecule has 0 unspecified atom stereocenters. The molecule has 0 rings (SSSR count). The number of halogens is 3. The molecule has 0 aliphatic heterocycles. The fourth-order valence-electron chi connectivity index (χ4n) is 0. The van der Waals surface area contributed by atoms with Crippen molar-refractivity contribution in [3.05, 3.63) is 0 Å². The average molecular weight is 351 g/mol. The van der Waals surface area contributed by atoms with E-state index in [0.717, 1.165) is 13.8 Å². The predicted molar refractivity (Wildman–Crippen MR) is 30.2 cm³/mol. The molecule has 0 amide bonds. The van der Waals surface area contributed by atoms with Crippen molar-refractivity contribution in [1.29, 1.82) is 0 Å². The minimum absolute atomic E-state index is 0. The topological polar surface area (TPSA) is 0 Å². The minimum atomic E-state index is 0. The van der Waals surface area contributed by atoms with Gasteiger partial charge < -0.3 is 0 Å². The first-order chi connectivity index (χ1) is 1.41. The predicted octanol–water partition coefficient (Wildman–Crippen LogP) is 2.15. The monoisotopic (exact) mass is 349 g/mol. The van der Waals surface area contributed by atoms with Crippen LogP contribution >= 0.6 is 44.5 Å². The molecule has 0 aromatic heterocycles. The summed E-state index contributed by atoms with van der Waals surface area (Å²) in [4.78, 5) is 0. The van der Waals surface area contributed by atoms with Crippen LogP contribution in [0.5, 0.6) is 0 Å². The molecule has 0 bridgehead atoms. The van der Waals surface area contributed by atoms with Crippen LogP contribution in [-0.2, 0) is 13.8 Å². The Hall–Kier alpha value is 2.24. The fourth-order valence-corrected chi connectivity index (χ4v) is 0. The Morgan fingerprint density at radius 2 is 1.75 bits per heavy atom. The van der Waals surface area contributed by atoms with Gasteiger partial charge in [-0.15, -0.1) is 12.4 Å². The van der Waals surface area contributed by atoms with E-state index in [4.69, 9.17) is 0 Å². The van der Waals surface area contributed by atoms with Crippen LogP contribution in [0.25, 0.3) is 0 Å². The molecule has 0 aromatic rings. The fraction of sp³-hybridized carbons (Fsp3) is 0. The summed E-state index contributed by atoms with van der Waals surface area (Å²) in [5, 5.41) is 0. The number of rotatable bonds is 0. The second kappa shape index (κ2) is 8.97. The molecule has 0 nitrogen and oxygen atoms in total. The van der Waals surface area contributed by atoms with Gasteiger partial charge in [-0.2, -0.15) is 0 Å². The van der Waals surface area contributed by atoms with Crippen LogP contribution in [0.3, 0.4) is 0 Å². The molecular formula is HAgBrClI. The van der Waals surface area contributed by atoms with Crippen molar-refractivity contribution >= 4 is 44.5 Å². The SMILES string of the molecule is Cl.[Br][Ag][I]. The van der Waals surface area contributed by atoms with Gasteiger partial charge in [-0.05, 0) is 0 Å². The molecule has 4 heteroatoms. The molecule has 0 heterocycles. The summed E-state index contributed by atoms with van der Waals surface area (Å²) in [5.74, 6) is 0. The molecule has 0 aliphatic rings. The molecule has 0 aliphatic carbocycles. The van der Waals surface area contributed by atoms with Crippen LogP contribution in [0, 0.1) is 0 Å². The first kappa shape index (κ1) is 9.53. The quantitative estimate of drug-likeness (QED) is 0.464. The summed E-state index contributed by atoms with van der Waals surface area (Å²) >= 11 is 6.25. The Bertz CT molecular complexity index is 8.00. The van der Waals surface area contributed by atoms with Crippen molar-refractivity contribution in [3.8, 4) is 0 Å². The summed E-state index contributed by atoms with van der Waals surface area (Å²) in [6, 6.07) is 0. The maximum absolute atomic E-state index is 3.16. The molecule has 0 radical (unpaired) electrons. The molecule has 0 aromatic carbocycles. The van der Waals surface area contributed by atoms with E-state index in [1.54, 1.807) is 0 Å². The van der Waals surface area contributed by atoms with Crippen LogP contribution in [0.2, 0.25) is 0 Å². The van der Waals surface area contributed by atoms with Gasteiger partial charge in [-0.3, -0.25) is 0 Å². The van der Waals surface area contributed by atoms with E-state index in [9.17, 15) is 0 Å². The summed E-state index contributed by atoms with van der Waals surface area (Å²) < 4.78 is 0. The second-order valence-corrected chi connectivity index (χ2v) is 8.88. The standard InChI is InChI=1S/Ag.BrH.ClH.HI/h;3*1H/q+2;;;/p-2. The zero-order valence-electron chi connectivity index (χ0n) is 1.47. The third kappa shape index (κ3) is 8.87. The van der Waals surface area contributed by atoms with E-state index in [1.807, 2.05) is 0 Å². The van der Waals surface area contributed by atoms with Gasteiger partial charge >= 0.3 is 45.9 Å². The van der Waals surface area contributed by atoms with Gasteiger partial charge in [-0.1, -0.05) is 0 Å². The van der Waals surface area contributed by atoms with E-state index < -0.39 is 0 Å². The molecule has 0 atom stereocenters. The van der Waals surface area contributed by atoms with E-state index in [2.05, 4.69) is 32.0 Å². The molecular weight excluding hydrogens is 350 g/mol. The summed E-state index contributed by atoms with van der Waals surface area (Å²) in [6.45, 7) is 0. The Morgan fingerprint density at radius 1 is 1.75 bits per heavy atom. The second-order valence-electron chi connectivity index (χ2n) is 0.0431. The van der Waals surface area contributed by atoms with Crippen molar-refractivity contribution < 1.29 is 13.8 Å². The van der Waals surface area contributed by atoms with Crippen LogP contribution in [0.15, 0.2) is 0 Å². The molecule has 4 heavy (non-hydrogen) atoms. The van der Waals surface area contributed by atoms with Gasteiger partial charge in [0.15, 0.2) is 0 Å². The van der Waals surface area contributed by atoms with Crippen LogP contribution in [0.4, 0.5) is 0 Å². The Balaban J connectivity index is 0. The zero-order chi connectivity index (χ0) is 2.71. The molecule has 0 N–H and O–H groups in total. The van der Waals surface area contributed by atoms with E-state index in [-0.39, 0.29) is 12.4 Å². The van der Waals surface area contributed by atoms with E-state index in [1.165, 1.54) is 0 Å². The van der Waals surface area contributed by atoms with Gasteiger partial charge in [0.2, 0.25) is 0 Å². The third-order valence-corrected chi connectivity index (χ3v) is 0. The first-order valence-electron chi connectivity index (χ1n) is 0.228. The summed E-state index contributed by atoms with van der Waals surface area (Å²) in [6.07, 6.45) is 0. The first-order valence-corrected chi connectivity index (χ1v) is 8.03. The van der Waals surface area contributed by atoms with Crippen molar-refractivity contribution in [2.75, 3.05) is 0 Å². The maximum atomic E-state index is 3.16. The van der Waals surface area contributed by atoms with E-state index in [0.29, 0.717) is 0 Å². The van der Waals surface area contributed by atoms with Crippen molar-refractivity contribution in [2.24, 2.45) is 0 Å². The number of hydrogen-bond acceptors (Lipinski definition) is 0. The average Bonchev–Trinajstić information content (AvgIpc) is 0.918. The summed E-state index contributed by atoms with van der Waals surface area (Å²) in [5.41, 5.74) is 0. The van der Waals surface area contributed by atoms with Gasteiger partial charge in [0.05, 0.1) is 0 Å².